The van der Waals surface area contributed by atoms with Gasteiger partial charge in [0.2, 0.25) is 0 Å². The SMILES string of the molecule is COCCN1CCN(c2nc3ccc(N4C=C(C(=O)O)[C@H](O)C=C4c4ccc(N5CCC(OC)C5)c(Br)c4)cc3o2)CC1. The smallest absolute Gasteiger partial charge is 0.336 e. The topological polar surface area (TPSA) is 115 Å². The number of halogens is 1. The van der Waals surface area contributed by atoms with Crippen molar-refractivity contribution in [3.05, 3.63) is 64.3 Å². The Morgan fingerprint density at radius 2 is 1.91 bits per heavy atom. The van der Waals surface area contributed by atoms with Gasteiger partial charge in [-0.1, -0.05) is 6.07 Å². The van der Waals surface area contributed by atoms with Gasteiger partial charge in [-0.05, 0) is 58.3 Å². The van der Waals surface area contributed by atoms with E-state index < -0.39 is 12.1 Å². The number of hydrogen-bond acceptors (Lipinski definition) is 10. The van der Waals surface area contributed by atoms with Crippen LogP contribution in [0, 0.1) is 0 Å². The lowest BCUT2D eigenvalue weighted by atomic mass is 10.00. The highest BCUT2D eigenvalue weighted by Gasteiger charge is 2.29. The third-order valence-electron chi connectivity index (χ3n) is 8.36. The van der Waals surface area contributed by atoms with Crippen LogP contribution in [-0.4, -0.2) is 105 Å². The molecule has 12 heteroatoms. The normalized spacial score (nSPS) is 21.4. The van der Waals surface area contributed by atoms with E-state index in [0.29, 0.717) is 29.6 Å². The van der Waals surface area contributed by atoms with Crippen molar-refractivity contribution in [2.24, 2.45) is 0 Å². The van der Waals surface area contributed by atoms with Crippen LogP contribution in [0.25, 0.3) is 16.8 Å². The molecule has 0 radical (unpaired) electrons. The van der Waals surface area contributed by atoms with E-state index in [1.54, 1.807) is 25.2 Å². The Morgan fingerprint density at radius 3 is 2.60 bits per heavy atom. The molecule has 3 aliphatic rings. The Hall–Kier alpha value is -3.42. The van der Waals surface area contributed by atoms with Crippen LogP contribution in [0.1, 0.15) is 12.0 Å². The molecule has 2 aromatic carbocycles. The molecule has 1 unspecified atom stereocenters. The van der Waals surface area contributed by atoms with Gasteiger partial charge in [-0.15, -0.1) is 0 Å². The zero-order valence-corrected chi connectivity index (χ0v) is 25.9. The molecule has 2 N–H and O–H groups in total. The summed E-state index contributed by atoms with van der Waals surface area (Å²) in [5.41, 5.74) is 4.44. The average molecular weight is 655 g/mol. The number of methoxy groups -OCH3 is 2. The molecule has 0 saturated carbocycles. The number of carboxylic acid groups (broad SMARTS) is 1. The van der Waals surface area contributed by atoms with E-state index in [-0.39, 0.29) is 11.7 Å². The quantitative estimate of drug-likeness (QED) is 0.352. The van der Waals surface area contributed by atoms with Gasteiger partial charge in [0.15, 0.2) is 5.58 Å². The highest BCUT2D eigenvalue weighted by atomic mass is 79.9. The Bertz CT molecular complexity index is 1550. The van der Waals surface area contributed by atoms with E-state index in [9.17, 15) is 15.0 Å². The summed E-state index contributed by atoms with van der Waals surface area (Å²) >= 11 is 3.74. The molecule has 4 heterocycles. The first-order valence-electron chi connectivity index (χ1n) is 14.4. The standard InChI is InChI=1S/C31H36BrN5O6/c1-41-14-13-34-9-11-35(12-10-34)31-33-25-5-4-21(16-29(25)43-31)37-19-23(30(39)40)28(38)17-27(37)20-3-6-26(24(32)15-20)36-8-7-22(18-36)42-2/h3-6,15-17,19,22,28,38H,7-14,18H2,1-2H3,(H,39,40)/t22?,28-/m1/s1. The number of aliphatic hydroxyl groups is 1. The second-order valence-electron chi connectivity index (χ2n) is 11.0. The predicted molar refractivity (Wildman–Crippen MR) is 168 cm³/mol. The fraction of sp³-hybridized carbons (Fsp3) is 0.419. The lowest BCUT2D eigenvalue weighted by Gasteiger charge is -2.33. The zero-order chi connectivity index (χ0) is 30.1. The van der Waals surface area contributed by atoms with E-state index in [2.05, 4.69) is 30.6 Å². The Labute approximate surface area is 258 Å². The molecule has 11 nitrogen and oxygen atoms in total. The van der Waals surface area contributed by atoms with Gasteiger partial charge in [0.1, 0.15) is 11.6 Å². The molecule has 0 aliphatic carbocycles. The number of aromatic nitrogens is 1. The van der Waals surface area contributed by atoms with Gasteiger partial charge in [-0.25, -0.2) is 4.79 Å². The Kier molecular flexibility index (Phi) is 8.73. The van der Waals surface area contributed by atoms with Crippen LogP contribution in [0.5, 0.6) is 0 Å². The van der Waals surface area contributed by atoms with Gasteiger partial charge in [0.25, 0.3) is 6.01 Å². The number of aliphatic carboxylic acids is 1. The van der Waals surface area contributed by atoms with Gasteiger partial charge in [-0.2, -0.15) is 4.98 Å². The number of carboxylic acids is 1. The van der Waals surface area contributed by atoms with E-state index >= 15 is 0 Å². The van der Waals surface area contributed by atoms with Crippen LogP contribution in [0.3, 0.4) is 0 Å². The summed E-state index contributed by atoms with van der Waals surface area (Å²) in [6.07, 6.45) is 2.96. The second kappa shape index (κ2) is 12.7. The first-order chi connectivity index (χ1) is 20.8. The van der Waals surface area contributed by atoms with Crippen molar-refractivity contribution in [2.75, 3.05) is 81.3 Å². The fourth-order valence-corrected chi connectivity index (χ4v) is 6.50. The summed E-state index contributed by atoms with van der Waals surface area (Å²) in [6, 6.07) is 12.2. The van der Waals surface area contributed by atoms with Crippen LogP contribution >= 0.6 is 15.9 Å². The third-order valence-corrected chi connectivity index (χ3v) is 9.00. The van der Waals surface area contributed by atoms with Crippen molar-refractivity contribution >= 4 is 56.1 Å². The van der Waals surface area contributed by atoms with Gasteiger partial charge >= 0.3 is 5.97 Å². The highest BCUT2D eigenvalue weighted by Crippen LogP contribution is 2.38. The molecule has 228 valence electrons. The molecule has 0 spiro atoms. The molecule has 2 atom stereocenters. The number of fused-ring (bicyclic) bond motifs is 1. The minimum absolute atomic E-state index is 0.119. The van der Waals surface area contributed by atoms with E-state index in [0.717, 1.165) is 73.5 Å². The van der Waals surface area contributed by atoms with Gasteiger partial charge in [0.05, 0.1) is 29.7 Å². The summed E-state index contributed by atoms with van der Waals surface area (Å²) in [6.45, 7) is 6.74. The molecular formula is C31H36BrN5O6. The Morgan fingerprint density at radius 1 is 1.09 bits per heavy atom. The third kappa shape index (κ3) is 6.16. The number of aliphatic hydroxyl groups excluding tert-OH is 1. The Balaban J connectivity index is 1.28. The predicted octanol–water partition coefficient (Wildman–Crippen LogP) is 3.77. The molecular weight excluding hydrogens is 618 g/mol. The number of oxazole rings is 1. The maximum Gasteiger partial charge on any atom is 0.336 e. The molecule has 2 saturated heterocycles. The first kappa shape index (κ1) is 29.6. The molecule has 0 bridgehead atoms. The summed E-state index contributed by atoms with van der Waals surface area (Å²) < 4.78 is 17.9. The maximum atomic E-state index is 12.0. The van der Waals surface area contributed by atoms with E-state index in [1.807, 2.05) is 36.4 Å². The lowest BCUT2D eigenvalue weighted by Crippen LogP contribution is -2.47. The summed E-state index contributed by atoms with van der Waals surface area (Å²) in [5, 5.41) is 20.6. The van der Waals surface area contributed by atoms with Gasteiger partial charge in [-0.3, -0.25) is 4.90 Å². The van der Waals surface area contributed by atoms with Crippen molar-refractivity contribution in [1.82, 2.24) is 9.88 Å². The monoisotopic (exact) mass is 653 g/mol. The summed E-state index contributed by atoms with van der Waals surface area (Å²) in [7, 11) is 3.46. The molecule has 43 heavy (non-hydrogen) atoms. The number of anilines is 3. The number of nitrogens with zero attached hydrogens (tertiary/aromatic N) is 5. The van der Waals surface area contributed by atoms with Crippen LogP contribution < -0.4 is 14.7 Å². The van der Waals surface area contributed by atoms with E-state index in [4.69, 9.17) is 18.9 Å². The number of ether oxygens (including phenoxy) is 2. The van der Waals surface area contributed by atoms with Crippen LogP contribution in [0.15, 0.2) is 63.1 Å². The lowest BCUT2D eigenvalue weighted by molar-refractivity contribution is -0.133. The number of piperazine rings is 1. The molecule has 3 aliphatic heterocycles. The number of hydrogen-bond donors (Lipinski definition) is 2. The minimum atomic E-state index is -1.26. The van der Waals surface area contributed by atoms with Crippen molar-refractivity contribution in [3.8, 4) is 0 Å². The van der Waals surface area contributed by atoms with Crippen LogP contribution in [-0.2, 0) is 14.3 Å². The first-order valence-corrected chi connectivity index (χ1v) is 15.2. The van der Waals surface area contributed by atoms with Gasteiger partial charge in [0, 0.05) is 82.5 Å². The molecule has 0 amide bonds. The van der Waals surface area contributed by atoms with Crippen molar-refractivity contribution in [3.63, 3.8) is 0 Å². The van der Waals surface area contributed by atoms with Crippen molar-refractivity contribution < 1.29 is 28.9 Å². The van der Waals surface area contributed by atoms with E-state index in [1.165, 1.54) is 6.20 Å². The van der Waals surface area contributed by atoms with Crippen molar-refractivity contribution in [2.45, 2.75) is 18.6 Å². The minimum Gasteiger partial charge on any atom is -0.478 e. The summed E-state index contributed by atoms with van der Waals surface area (Å²) in [5.74, 6) is -1.18. The average Bonchev–Trinajstić information content (AvgIpc) is 3.67. The number of benzene rings is 2. The largest absolute Gasteiger partial charge is 0.478 e. The maximum absolute atomic E-state index is 12.0. The molecule has 3 aromatic rings. The second-order valence-corrected chi connectivity index (χ2v) is 11.8. The van der Waals surface area contributed by atoms with Crippen LogP contribution in [0.4, 0.5) is 17.4 Å². The molecule has 2 fully saturated rings. The summed E-state index contributed by atoms with van der Waals surface area (Å²) in [4.78, 5) is 25.3. The fourth-order valence-electron chi connectivity index (χ4n) is 5.87. The molecule has 1 aromatic heterocycles. The molecule has 6 rings (SSSR count). The van der Waals surface area contributed by atoms with Crippen molar-refractivity contribution in [1.29, 1.82) is 0 Å². The number of rotatable bonds is 9. The zero-order valence-electron chi connectivity index (χ0n) is 24.3. The number of carbonyl (C=O) groups is 1. The van der Waals surface area contributed by atoms with Crippen LogP contribution in [0.2, 0.25) is 0 Å². The van der Waals surface area contributed by atoms with Gasteiger partial charge < -0.3 is 38.8 Å². The highest BCUT2D eigenvalue weighted by molar-refractivity contribution is 9.10.